The van der Waals surface area contributed by atoms with E-state index in [1.165, 1.54) is 0 Å². The molecule has 0 aliphatic carbocycles. The van der Waals surface area contributed by atoms with E-state index in [1.54, 1.807) is 0 Å². The highest BCUT2D eigenvalue weighted by atomic mass is 16.5. The second-order valence-corrected chi connectivity index (χ2v) is 3.67. The van der Waals surface area contributed by atoms with E-state index in [2.05, 4.69) is 5.32 Å². The number of carbonyl (C=O) groups is 1. The van der Waals surface area contributed by atoms with Crippen LogP contribution in [0.15, 0.2) is 24.3 Å². The van der Waals surface area contributed by atoms with Gasteiger partial charge in [-0.1, -0.05) is 12.1 Å². The first kappa shape index (κ1) is 10.8. The summed E-state index contributed by atoms with van der Waals surface area (Å²) in [6.07, 6.45) is 0. The number of nitrogens with one attached hydrogen (secondary N) is 1. The van der Waals surface area contributed by atoms with Crippen molar-refractivity contribution >= 4 is 17.3 Å². The second kappa shape index (κ2) is 4.88. The van der Waals surface area contributed by atoms with Gasteiger partial charge in [-0.05, 0) is 19.1 Å². The lowest BCUT2D eigenvalue weighted by atomic mass is 10.2. The lowest BCUT2D eigenvalue weighted by Crippen LogP contribution is -2.38. The van der Waals surface area contributed by atoms with Crippen LogP contribution in [0.1, 0.15) is 6.92 Å². The standard InChI is InChI=1S/C12H16N2O2/c1-2-16-12(15)9-14-8-7-13-10-5-3-4-6-11(10)14/h3-6,13H,2,7-9H2,1H3. The SMILES string of the molecule is CCOC(=O)CN1CCNc2ccccc21. The van der Waals surface area contributed by atoms with E-state index in [-0.39, 0.29) is 5.97 Å². The molecule has 1 aliphatic heterocycles. The predicted molar refractivity (Wildman–Crippen MR) is 63.8 cm³/mol. The number of carbonyl (C=O) groups excluding carboxylic acids is 1. The Kier molecular flexibility index (Phi) is 3.29. The Morgan fingerprint density at radius 2 is 2.31 bits per heavy atom. The fourth-order valence-electron chi connectivity index (χ4n) is 1.87. The van der Waals surface area contributed by atoms with Gasteiger partial charge in [0.25, 0.3) is 0 Å². The maximum atomic E-state index is 11.4. The molecule has 0 amide bonds. The van der Waals surface area contributed by atoms with Crippen LogP contribution in [0.25, 0.3) is 0 Å². The summed E-state index contributed by atoms with van der Waals surface area (Å²) in [5, 5.41) is 3.30. The molecule has 0 unspecified atom stereocenters. The minimum Gasteiger partial charge on any atom is -0.465 e. The van der Waals surface area contributed by atoms with E-state index in [0.717, 1.165) is 24.5 Å². The van der Waals surface area contributed by atoms with Gasteiger partial charge in [-0.25, -0.2) is 0 Å². The molecule has 1 aromatic rings. The zero-order valence-corrected chi connectivity index (χ0v) is 9.40. The number of anilines is 2. The first-order chi connectivity index (χ1) is 7.81. The van der Waals surface area contributed by atoms with E-state index in [4.69, 9.17) is 4.74 Å². The van der Waals surface area contributed by atoms with Crippen molar-refractivity contribution in [2.75, 3.05) is 36.5 Å². The normalized spacial score (nSPS) is 13.9. The van der Waals surface area contributed by atoms with Gasteiger partial charge in [0, 0.05) is 13.1 Å². The minimum absolute atomic E-state index is 0.167. The van der Waals surface area contributed by atoms with Gasteiger partial charge >= 0.3 is 5.97 Å². The summed E-state index contributed by atoms with van der Waals surface area (Å²) < 4.78 is 4.96. The van der Waals surface area contributed by atoms with Crippen LogP contribution >= 0.6 is 0 Å². The molecule has 0 aromatic heterocycles. The van der Waals surface area contributed by atoms with Gasteiger partial charge in [0.05, 0.1) is 18.0 Å². The molecule has 86 valence electrons. The number of fused-ring (bicyclic) bond motifs is 1. The van der Waals surface area contributed by atoms with Crippen LogP contribution in [0.4, 0.5) is 11.4 Å². The molecule has 16 heavy (non-hydrogen) atoms. The Labute approximate surface area is 95.2 Å². The molecule has 0 spiro atoms. The van der Waals surface area contributed by atoms with Crippen molar-refractivity contribution in [1.29, 1.82) is 0 Å². The Morgan fingerprint density at radius 3 is 3.12 bits per heavy atom. The number of ether oxygens (including phenoxy) is 1. The van der Waals surface area contributed by atoms with Gasteiger partial charge in [-0.3, -0.25) is 4.79 Å². The fourth-order valence-corrected chi connectivity index (χ4v) is 1.87. The first-order valence-electron chi connectivity index (χ1n) is 5.54. The summed E-state index contributed by atoms with van der Waals surface area (Å²) in [5.41, 5.74) is 2.15. The minimum atomic E-state index is -0.167. The number of hydrogen-bond acceptors (Lipinski definition) is 4. The Bertz CT molecular complexity index is 379. The Balaban J connectivity index is 2.10. The number of nitrogens with zero attached hydrogens (tertiary/aromatic N) is 1. The second-order valence-electron chi connectivity index (χ2n) is 3.67. The highest BCUT2D eigenvalue weighted by Gasteiger charge is 2.18. The summed E-state index contributed by atoms with van der Waals surface area (Å²) in [4.78, 5) is 13.5. The van der Waals surface area contributed by atoms with Crippen LogP contribution in [0, 0.1) is 0 Å². The maximum Gasteiger partial charge on any atom is 0.325 e. The van der Waals surface area contributed by atoms with Crippen molar-refractivity contribution in [2.24, 2.45) is 0 Å². The van der Waals surface area contributed by atoms with Crippen LogP contribution in [-0.4, -0.2) is 32.2 Å². The fraction of sp³-hybridized carbons (Fsp3) is 0.417. The molecule has 0 fully saturated rings. The molecule has 0 radical (unpaired) electrons. The first-order valence-corrected chi connectivity index (χ1v) is 5.54. The Morgan fingerprint density at radius 1 is 1.50 bits per heavy atom. The van der Waals surface area contributed by atoms with Crippen molar-refractivity contribution < 1.29 is 9.53 Å². The average Bonchev–Trinajstić information content (AvgIpc) is 2.30. The van der Waals surface area contributed by atoms with Crippen LogP contribution in [-0.2, 0) is 9.53 Å². The molecule has 1 N–H and O–H groups in total. The summed E-state index contributed by atoms with van der Waals surface area (Å²) in [6, 6.07) is 8.00. The van der Waals surface area contributed by atoms with Crippen LogP contribution in [0.2, 0.25) is 0 Å². The molecule has 1 aliphatic rings. The molecule has 1 aromatic carbocycles. The van der Waals surface area contributed by atoms with E-state index < -0.39 is 0 Å². The van der Waals surface area contributed by atoms with E-state index >= 15 is 0 Å². The van der Waals surface area contributed by atoms with E-state index in [1.807, 2.05) is 36.1 Å². The average molecular weight is 220 g/mol. The summed E-state index contributed by atoms with van der Waals surface area (Å²) >= 11 is 0. The van der Waals surface area contributed by atoms with Gasteiger partial charge in [0.15, 0.2) is 0 Å². The Hall–Kier alpha value is -1.71. The highest BCUT2D eigenvalue weighted by molar-refractivity contribution is 5.80. The highest BCUT2D eigenvalue weighted by Crippen LogP contribution is 2.27. The third-order valence-corrected chi connectivity index (χ3v) is 2.57. The lowest BCUT2D eigenvalue weighted by Gasteiger charge is -2.31. The van der Waals surface area contributed by atoms with Crippen LogP contribution in [0.3, 0.4) is 0 Å². The maximum absolute atomic E-state index is 11.4. The molecule has 4 nitrogen and oxygen atoms in total. The van der Waals surface area contributed by atoms with E-state index in [0.29, 0.717) is 13.2 Å². The third kappa shape index (κ3) is 2.27. The van der Waals surface area contributed by atoms with Gasteiger partial charge in [-0.2, -0.15) is 0 Å². The lowest BCUT2D eigenvalue weighted by molar-refractivity contribution is -0.141. The van der Waals surface area contributed by atoms with Crippen molar-refractivity contribution in [1.82, 2.24) is 0 Å². The molecular weight excluding hydrogens is 204 g/mol. The van der Waals surface area contributed by atoms with Gasteiger partial charge in [-0.15, -0.1) is 0 Å². The third-order valence-electron chi connectivity index (χ3n) is 2.57. The molecule has 0 saturated carbocycles. The number of hydrogen-bond donors (Lipinski definition) is 1. The number of benzene rings is 1. The zero-order chi connectivity index (χ0) is 11.4. The topological polar surface area (TPSA) is 41.6 Å². The molecule has 2 rings (SSSR count). The number of para-hydroxylation sites is 2. The number of rotatable bonds is 3. The predicted octanol–water partition coefficient (Wildman–Crippen LogP) is 1.48. The molecular formula is C12H16N2O2. The van der Waals surface area contributed by atoms with Crippen LogP contribution < -0.4 is 10.2 Å². The van der Waals surface area contributed by atoms with E-state index in [9.17, 15) is 4.79 Å². The molecule has 1 heterocycles. The quantitative estimate of drug-likeness (QED) is 0.783. The smallest absolute Gasteiger partial charge is 0.325 e. The number of esters is 1. The molecule has 0 atom stereocenters. The molecule has 0 saturated heterocycles. The van der Waals surface area contributed by atoms with Crippen molar-refractivity contribution in [2.45, 2.75) is 6.92 Å². The van der Waals surface area contributed by atoms with Crippen LogP contribution in [0.5, 0.6) is 0 Å². The largest absolute Gasteiger partial charge is 0.465 e. The van der Waals surface area contributed by atoms with Crippen molar-refractivity contribution in [3.8, 4) is 0 Å². The van der Waals surface area contributed by atoms with Gasteiger partial charge < -0.3 is 15.0 Å². The summed E-state index contributed by atoms with van der Waals surface area (Å²) in [6.45, 7) is 4.27. The monoisotopic (exact) mass is 220 g/mol. The summed E-state index contributed by atoms with van der Waals surface area (Å²) in [7, 11) is 0. The van der Waals surface area contributed by atoms with Gasteiger partial charge in [0.2, 0.25) is 0 Å². The zero-order valence-electron chi connectivity index (χ0n) is 9.40. The molecule has 0 bridgehead atoms. The summed E-state index contributed by atoms with van der Waals surface area (Å²) in [5.74, 6) is -0.167. The van der Waals surface area contributed by atoms with Crippen molar-refractivity contribution in [3.63, 3.8) is 0 Å². The van der Waals surface area contributed by atoms with Crippen molar-refractivity contribution in [3.05, 3.63) is 24.3 Å². The van der Waals surface area contributed by atoms with Gasteiger partial charge in [0.1, 0.15) is 6.54 Å². The molecule has 4 heteroatoms.